The maximum Gasteiger partial charge on any atom is 0.241 e. The highest BCUT2D eigenvalue weighted by molar-refractivity contribution is 6.28. The summed E-state index contributed by atoms with van der Waals surface area (Å²) in [6.45, 7) is 2.94. The zero-order valence-electron chi connectivity index (χ0n) is 11.2. The molecule has 0 saturated carbocycles. The standard InChI is InChI=1S/C12H17ClN6O/c1-9(7-20)3-2-4-15-11-16-10(13)17-12(18-11)19-6-5-14-8-19/h5-6,8-9,20H,2-4,7H2,1H3,(H,15,16,17,18). The van der Waals surface area contributed by atoms with Crippen LogP contribution in [0.25, 0.3) is 5.95 Å². The predicted molar refractivity (Wildman–Crippen MR) is 75.9 cm³/mol. The summed E-state index contributed by atoms with van der Waals surface area (Å²) in [5.41, 5.74) is 0. The molecule has 108 valence electrons. The van der Waals surface area contributed by atoms with Gasteiger partial charge in [-0.2, -0.15) is 15.0 Å². The van der Waals surface area contributed by atoms with Crippen LogP contribution < -0.4 is 5.32 Å². The lowest BCUT2D eigenvalue weighted by Gasteiger charge is -2.09. The van der Waals surface area contributed by atoms with E-state index >= 15 is 0 Å². The topological polar surface area (TPSA) is 88.8 Å². The maximum absolute atomic E-state index is 8.95. The van der Waals surface area contributed by atoms with Gasteiger partial charge in [0, 0.05) is 25.5 Å². The first-order valence-electron chi connectivity index (χ1n) is 6.43. The van der Waals surface area contributed by atoms with Crippen molar-refractivity contribution in [1.29, 1.82) is 0 Å². The van der Waals surface area contributed by atoms with E-state index in [1.54, 1.807) is 23.3 Å². The van der Waals surface area contributed by atoms with Crippen molar-refractivity contribution >= 4 is 17.5 Å². The highest BCUT2D eigenvalue weighted by Gasteiger charge is 2.06. The van der Waals surface area contributed by atoms with Gasteiger partial charge in [0.25, 0.3) is 0 Å². The first-order chi connectivity index (χ1) is 9.69. The Morgan fingerprint density at radius 2 is 2.25 bits per heavy atom. The first-order valence-corrected chi connectivity index (χ1v) is 6.81. The van der Waals surface area contributed by atoms with Crippen LogP contribution in [0.2, 0.25) is 5.28 Å². The highest BCUT2D eigenvalue weighted by Crippen LogP contribution is 2.10. The van der Waals surface area contributed by atoms with Gasteiger partial charge in [0.2, 0.25) is 17.2 Å². The molecule has 0 saturated heterocycles. The largest absolute Gasteiger partial charge is 0.396 e. The molecule has 0 radical (unpaired) electrons. The van der Waals surface area contributed by atoms with Crippen molar-refractivity contribution in [2.75, 3.05) is 18.5 Å². The Labute approximate surface area is 122 Å². The molecule has 2 aromatic rings. The number of imidazole rings is 1. The van der Waals surface area contributed by atoms with Gasteiger partial charge in [-0.1, -0.05) is 6.92 Å². The summed E-state index contributed by atoms with van der Waals surface area (Å²) in [6, 6.07) is 0. The molecule has 0 aromatic carbocycles. The van der Waals surface area contributed by atoms with Gasteiger partial charge in [0.1, 0.15) is 6.33 Å². The quantitative estimate of drug-likeness (QED) is 0.753. The average molecular weight is 297 g/mol. The highest BCUT2D eigenvalue weighted by atomic mass is 35.5. The van der Waals surface area contributed by atoms with E-state index in [-0.39, 0.29) is 11.9 Å². The molecule has 0 spiro atoms. The third-order valence-electron chi connectivity index (χ3n) is 2.80. The van der Waals surface area contributed by atoms with E-state index in [2.05, 4.69) is 25.3 Å². The molecule has 7 nitrogen and oxygen atoms in total. The number of aliphatic hydroxyl groups is 1. The third-order valence-corrected chi connectivity index (χ3v) is 2.97. The monoisotopic (exact) mass is 296 g/mol. The second-order valence-electron chi connectivity index (χ2n) is 4.55. The van der Waals surface area contributed by atoms with E-state index in [9.17, 15) is 0 Å². The van der Waals surface area contributed by atoms with Crippen molar-refractivity contribution in [2.45, 2.75) is 19.8 Å². The summed E-state index contributed by atoms with van der Waals surface area (Å²) in [4.78, 5) is 16.3. The summed E-state index contributed by atoms with van der Waals surface area (Å²) in [5, 5.41) is 12.2. The number of nitrogens with zero attached hydrogens (tertiary/aromatic N) is 5. The van der Waals surface area contributed by atoms with Crippen molar-refractivity contribution in [3.05, 3.63) is 24.0 Å². The van der Waals surface area contributed by atoms with Gasteiger partial charge in [-0.15, -0.1) is 0 Å². The minimum Gasteiger partial charge on any atom is -0.396 e. The molecule has 0 aliphatic rings. The Bertz CT molecular complexity index is 533. The summed E-state index contributed by atoms with van der Waals surface area (Å²) < 4.78 is 1.66. The number of hydrogen-bond acceptors (Lipinski definition) is 6. The van der Waals surface area contributed by atoms with Crippen molar-refractivity contribution in [3.63, 3.8) is 0 Å². The van der Waals surface area contributed by atoms with Crippen LogP contribution in [0, 0.1) is 5.92 Å². The molecule has 2 N–H and O–H groups in total. The molecule has 8 heteroatoms. The van der Waals surface area contributed by atoms with Crippen molar-refractivity contribution in [3.8, 4) is 5.95 Å². The molecule has 1 atom stereocenters. The Kier molecular flexibility index (Phi) is 5.25. The van der Waals surface area contributed by atoms with E-state index in [0.29, 0.717) is 24.4 Å². The Balaban J connectivity index is 1.95. The average Bonchev–Trinajstić information content (AvgIpc) is 2.97. The van der Waals surface area contributed by atoms with Crippen LogP contribution in [0.5, 0.6) is 0 Å². The van der Waals surface area contributed by atoms with Gasteiger partial charge >= 0.3 is 0 Å². The van der Waals surface area contributed by atoms with Crippen LogP contribution in [0.1, 0.15) is 19.8 Å². The Morgan fingerprint density at radius 3 is 2.95 bits per heavy atom. The molecule has 2 aromatic heterocycles. The second kappa shape index (κ2) is 7.16. The fourth-order valence-electron chi connectivity index (χ4n) is 1.65. The number of rotatable bonds is 7. The zero-order valence-corrected chi connectivity index (χ0v) is 12.0. The van der Waals surface area contributed by atoms with Crippen LogP contribution in [0.3, 0.4) is 0 Å². The summed E-state index contributed by atoms with van der Waals surface area (Å²) >= 11 is 5.88. The summed E-state index contributed by atoms with van der Waals surface area (Å²) in [6.07, 6.45) is 6.83. The van der Waals surface area contributed by atoms with Gasteiger partial charge in [-0.25, -0.2) is 4.98 Å². The van der Waals surface area contributed by atoms with E-state index in [1.165, 1.54) is 0 Å². The van der Waals surface area contributed by atoms with Crippen LogP contribution in [-0.4, -0.2) is 42.8 Å². The normalized spacial score (nSPS) is 12.3. The fraction of sp³-hybridized carbons (Fsp3) is 0.500. The first kappa shape index (κ1) is 14.7. The Morgan fingerprint density at radius 1 is 1.40 bits per heavy atom. The van der Waals surface area contributed by atoms with Gasteiger partial charge in [0.15, 0.2) is 0 Å². The number of halogens is 1. The molecule has 0 aliphatic heterocycles. The minimum absolute atomic E-state index is 0.134. The molecule has 0 bridgehead atoms. The van der Waals surface area contributed by atoms with E-state index in [1.807, 2.05) is 6.92 Å². The molecular formula is C12H17ClN6O. The van der Waals surface area contributed by atoms with Gasteiger partial charge in [0.05, 0.1) is 0 Å². The van der Waals surface area contributed by atoms with E-state index in [0.717, 1.165) is 12.8 Å². The predicted octanol–water partition coefficient (Wildman–Crippen LogP) is 1.53. The molecule has 1 unspecified atom stereocenters. The van der Waals surface area contributed by atoms with E-state index in [4.69, 9.17) is 16.7 Å². The lowest BCUT2D eigenvalue weighted by molar-refractivity contribution is 0.229. The molecule has 2 heterocycles. The number of aromatic nitrogens is 5. The van der Waals surface area contributed by atoms with Crippen molar-refractivity contribution < 1.29 is 5.11 Å². The van der Waals surface area contributed by atoms with Crippen LogP contribution in [-0.2, 0) is 0 Å². The summed E-state index contributed by atoms with van der Waals surface area (Å²) in [7, 11) is 0. The number of aliphatic hydroxyl groups excluding tert-OH is 1. The smallest absolute Gasteiger partial charge is 0.241 e. The molecular weight excluding hydrogens is 280 g/mol. The number of nitrogens with one attached hydrogen (secondary N) is 1. The Hall–Kier alpha value is -1.73. The van der Waals surface area contributed by atoms with Crippen LogP contribution >= 0.6 is 11.6 Å². The SMILES string of the molecule is CC(CO)CCCNc1nc(Cl)nc(-n2ccnc2)n1. The minimum atomic E-state index is 0.134. The molecule has 0 aliphatic carbocycles. The van der Waals surface area contributed by atoms with Crippen molar-refractivity contribution in [1.82, 2.24) is 24.5 Å². The lowest BCUT2D eigenvalue weighted by Crippen LogP contribution is -2.11. The number of anilines is 1. The fourth-order valence-corrected chi connectivity index (χ4v) is 1.81. The zero-order chi connectivity index (χ0) is 14.4. The lowest BCUT2D eigenvalue weighted by atomic mass is 10.1. The van der Waals surface area contributed by atoms with Gasteiger partial charge in [-0.3, -0.25) is 4.57 Å². The summed E-state index contributed by atoms with van der Waals surface area (Å²) in [5.74, 6) is 1.17. The maximum atomic E-state index is 8.95. The van der Waals surface area contributed by atoms with Crippen LogP contribution in [0.15, 0.2) is 18.7 Å². The van der Waals surface area contributed by atoms with Gasteiger partial charge in [-0.05, 0) is 30.4 Å². The van der Waals surface area contributed by atoms with Gasteiger partial charge < -0.3 is 10.4 Å². The third kappa shape index (κ3) is 4.14. The van der Waals surface area contributed by atoms with E-state index < -0.39 is 0 Å². The molecule has 0 amide bonds. The molecule has 0 fully saturated rings. The van der Waals surface area contributed by atoms with Crippen LogP contribution in [0.4, 0.5) is 5.95 Å². The molecule has 20 heavy (non-hydrogen) atoms. The molecule has 2 rings (SSSR count). The number of hydrogen-bond donors (Lipinski definition) is 2. The second-order valence-corrected chi connectivity index (χ2v) is 4.89. The van der Waals surface area contributed by atoms with Crippen molar-refractivity contribution in [2.24, 2.45) is 5.92 Å².